The summed E-state index contributed by atoms with van der Waals surface area (Å²) in [7, 11) is 2.04. The molecule has 3 heterocycles. The number of aromatic nitrogens is 2. The summed E-state index contributed by atoms with van der Waals surface area (Å²) in [5.41, 5.74) is 3.23. The van der Waals surface area contributed by atoms with E-state index in [1.807, 2.05) is 36.3 Å². The number of aryl methyl sites for hydroxylation is 1. The van der Waals surface area contributed by atoms with Crippen molar-refractivity contribution in [1.29, 1.82) is 0 Å². The summed E-state index contributed by atoms with van der Waals surface area (Å²) in [5, 5.41) is 7.37. The second kappa shape index (κ2) is 4.63. The fourth-order valence-electron chi connectivity index (χ4n) is 2.73. The highest BCUT2D eigenvalue weighted by atomic mass is 16.5. The van der Waals surface area contributed by atoms with E-state index in [4.69, 9.17) is 4.74 Å². The van der Waals surface area contributed by atoms with Crippen LogP contribution in [0.25, 0.3) is 10.9 Å². The Morgan fingerprint density at radius 1 is 1.10 bits per heavy atom. The van der Waals surface area contributed by atoms with Crippen molar-refractivity contribution < 1.29 is 4.74 Å². The first-order chi connectivity index (χ1) is 10.3. The maximum Gasteiger partial charge on any atom is 0.221 e. The molecule has 21 heavy (non-hydrogen) atoms. The number of hydrogen-bond donors (Lipinski definition) is 0. The van der Waals surface area contributed by atoms with Gasteiger partial charge in [0.1, 0.15) is 0 Å². The molecule has 5 nitrogen and oxygen atoms in total. The first-order valence-electron chi connectivity index (χ1n) is 6.76. The summed E-state index contributed by atoms with van der Waals surface area (Å²) < 4.78 is 7.84. The second-order valence-electron chi connectivity index (χ2n) is 4.97. The molecule has 5 heteroatoms. The zero-order valence-electron chi connectivity index (χ0n) is 11.5. The Labute approximate surface area is 122 Å². The molecule has 4 rings (SSSR count). The third-order valence-electron chi connectivity index (χ3n) is 3.70. The molecule has 1 aromatic carbocycles. The third-order valence-corrected chi connectivity index (χ3v) is 3.70. The van der Waals surface area contributed by atoms with E-state index in [9.17, 15) is 0 Å². The van der Waals surface area contributed by atoms with Crippen LogP contribution in [0.3, 0.4) is 0 Å². The van der Waals surface area contributed by atoms with Gasteiger partial charge in [-0.1, -0.05) is 18.2 Å². The normalized spacial score (nSPS) is 17.4. The van der Waals surface area contributed by atoms with Crippen molar-refractivity contribution in [3.05, 3.63) is 60.6 Å². The average molecular weight is 278 g/mol. The van der Waals surface area contributed by atoms with Gasteiger partial charge in [-0.15, -0.1) is 5.10 Å². The lowest BCUT2D eigenvalue weighted by Gasteiger charge is -2.21. The van der Waals surface area contributed by atoms with Crippen molar-refractivity contribution in [1.82, 2.24) is 9.55 Å². The number of rotatable bonds is 2. The molecule has 1 unspecified atom stereocenters. The highest BCUT2D eigenvalue weighted by molar-refractivity contribution is 5.85. The van der Waals surface area contributed by atoms with Crippen LogP contribution < -0.4 is 5.01 Å². The minimum atomic E-state index is -0.251. The summed E-state index contributed by atoms with van der Waals surface area (Å²) in [6, 6.07) is 12.1. The summed E-state index contributed by atoms with van der Waals surface area (Å²) in [5.74, 6) is 0. The van der Waals surface area contributed by atoms with Gasteiger partial charge in [-0.3, -0.25) is 4.98 Å². The molecule has 2 aromatic heterocycles. The molecule has 1 aliphatic rings. The van der Waals surface area contributed by atoms with Crippen LogP contribution in [0.4, 0.5) is 5.69 Å². The molecule has 0 spiro atoms. The highest BCUT2D eigenvalue weighted by Crippen LogP contribution is 2.35. The van der Waals surface area contributed by atoms with Gasteiger partial charge in [0, 0.05) is 42.1 Å². The topological polar surface area (TPSA) is 42.6 Å². The predicted octanol–water partition coefficient (Wildman–Crippen LogP) is 3.05. The second-order valence-corrected chi connectivity index (χ2v) is 4.97. The number of hydrazone groups is 1. The van der Waals surface area contributed by atoms with Gasteiger partial charge in [-0.25, -0.2) is 5.01 Å². The number of pyridine rings is 1. The smallest absolute Gasteiger partial charge is 0.221 e. The van der Waals surface area contributed by atoms with E-state index in [0.29, 0.717) is 0 Å². The number of anilines is 1. The number of nitrogens with zero attached hydrogens (tertiary/aromatic N) is 4. The number of para-hydroxylation sites is 1. The molecule has 104 valence electrons. The molecular formula is C16H14N4O. The Morgan fingerprint density at radius 3 is 2.76 bits per heavy atom. The monoisotopic (exact) mass is 278 g/mol. The zero-order chi connectivity index (χ0) is 14.2. The quantitative estimate of drug-likeness (QED) is 0.723. The van der Waals surface area contributed by atoms with Gasteiger partial charge in [0.2, 0.25) is 6.23 Å². The summed E-state index contributed by atoms with van der Waals surface area (Å²) in [4.78, 5) is 4.05. The lowest BCUT2D eigenvalue weighted by molar-refractivity contribution is 0.228. The van der Waals surface area contributed by atoms with Crippen LogP contribution in [0.15, 0.2) is 60.1 Å². The molecule has 0 bridgehead atoms. The SMILES string of the molecule is Cn1cc(C2OC=NN2c2ccncc2)c2ccccc21. The van der Waals surface area contributed by atoms with Crippen LogP contribution in [0, 0.1) is 0 Å². The van der Waals surface area contributed by atoms with Gasteiger partial charge < -0.3 is 9.30 Å². The van der Waals surface area contributed by atoms with Crippen LogP contribution in [0.5, 0.6) is 0 Å². The summed E-state index contributed by atoms with van der Waals surface area (Å²) in [6.45, 7) is 0. The molecular weight excluding hydrogens is 264 g/mol. The molecule has 0 saturated heterocycles. The van der Waals surface area contributed by atoms with Crippen molar-refractivity contribution in [2.75, 3.05) is 5.01 Å². The molecule has 0 aliphatic carbocycles. The van der Waals surface area contributed by atoms with Crippen molar-refractivity contribution in [3.8, 4) is 0 Å². The first-order valence-corrected chi connectivity index (χ1v) is 6.76. The number of fused-ring (bicyclic) bond motifs is 1. The Bertz CT molecular complexity index is 810. The summed E-state index contributed by atoms with van der Waals surface area (Å²) in [6.07, 6.45) is 6.84. The largest absolute Gasteiger partial charge is 0.452 e. The van der Waals surface area contributed by atoms with E-state index in [1.165, 1.54) is 17.3 Å². The predicted molar refractivity (Wildman–Crippen MR) is 82.0 cm³/mol. The van der Waals surface area contributed by atoms with Crippen LogP contribution in [0.2, 0.25) is 0 Å². The Balaban J connectivity index is 1.82. The number of ether oxygens (including phenoxy) is 1. The van der Waals surface area contributed by atoms with Gasteiger partial charge in [0.25, 0.3) is 0 Å². The van der Waals surface area contributed by atoms with Crippen LogP contribution in [0.1, 0.15) is 11.8 Å². The molecule has 0 fully saturated rings. The van der Waals surface area contributed by atoms with E-state index in [-0.39, 0.29) is 6.23 Å². The molecule has 0 N–H and O–H groups in total. The van der Waals surface area contributed by atoms with E-state index in [0.717, 1.165) is 11.3 Å². The third kappa shape index (κ3) is 1.86. The molecule has 3 aromatic rings. The van der Waals surface area contributed by atoms with Crippen molar-refractivity contribution in [2.24, 2.45) is 12.1 Å². The molecule has 1 aliphatic heterocycles. The lowest BCUT2D eigenvalue weighted by atomic mass is 10.1. The van der Waals surface area contributed by atoms with E-state index < -0.39 is 0 Å². The molecule has 0 saturated carbocycles. The maximum atomic E-state index is 5.73. The standard InChI is InChI=1S/C16H14N4O/c1-19-10-14(13-4-2-3-5-15(13)19)16-20(18-11-21-16)12-6-8-17-9-7-12/h2-11,16H,1H3. The zero-order valence-corrected chi connectivity index (χ0v) is 11.5. The first kappa shape index (κ1) is 12.0. The average Bonchev–Trinajstić information content (AvgIpc) is 3.13. The van der Waals surface area contributed by atoms with E-state index in [1.54, 1.807) is 12.4 Å². The molecule has 0 amide bonds. The van der Waals surface area contributed by atoms with Crippen LogP contribution >= 0.6 is 0 Å². The van der Waals surface area contributed by atoms with E-state index >= 15 is 0 Å². The lowest BCUT2D eigenvalue weighted by Crippen LogP contribution is -2.19. The van der Waals surface area contributed by atoms with Crippen molar-refractivity contribution >= 4 is 23.0 Å². The Hall–Kier alpha value is -2.82. The van der Waals surface area contributed by atoms with Gasteiger partial charge in [-0.05, 0) is 18.2 Å². The molecule has 0 radical (unpaired) electrons. The van der Waals surface area contributed by atoms with Crippen molar-refractivity contribution in [2.45, 2.75) is 6.23 Å². The van der Waals surface area contributed by atoms with Crippen LogP contribution in [-0.2, 0) is 11.8 Å². The summed E-state index contributed by atoms with van der Waals surface area (Å²) >= 11 is 0. The fourth-order valence-corrected chi connectivity index (χ4v) is 2.73. The fraction of sp³-hybridized carbons (Fsp3) is 0.125. The van der Waals surface area contributed by atoms with Gasteiger partial charge >= 0.3 is 0 Å². The Morgan fingerprint density at radius 2 is 1.90 bits per heavy atom. The number of benzene rings is 1. The Kier molecular flexibility index (Phi) is 2.64. The minimum Gasteiger partial charge on any atom is -0.452 e. The number of hydrogen-bond acceptors (Lipinski definition) is 4. The van der Waals surface area contributed by atoms with Gasteiger partial charge in [0.15, 0.2) is 6.40 Å². The van der Waals surface area contributed by atoms with Crippen LogP contribution in [-0.4, -0.2) is 16.0 Å². The van der Waals surface area contributed by atoms with Crippen molar-refractivity contribution in [3.63, 3.8) is 0 Å². The molecule has 1 atom stereocenters. The van der Waals surface area contributed by atoms with E-state index in [2.05, 4.69) is 33.0 Å². The maximum absolute atomic E-state index is 5.73. The van der Waals surface area contributed by atoms with Gasteiger partial charge in [0.05, 0.1) is 5.69 Å². The van der Waals surface area contributed by atoms with Gasteiger partial charge in [-0.2, -0.15) is 0 Å². The minimum absolute atomic E-state index is 0.251. The highest BCUT2D eigenvalue weighted by Gasteiger charge is 2.28.